The van der Waals surface area contributed by atoms with Crippen molar-refractivity contribution >= 4 is 22.6 Å². The van der Waals surface area contributed by atoms with E-state index in [9.17, 15) is 4.79 Å². The minimum absolute atomic E-state index is 0.164. The molecule has 0 N–H and O–H groups in total. The molecule has 1 amide bonds. The van der Waals surface area contributed by atoms with Gasteiger partial charge in [-0.15, -0.1) is 0 Å². The quantitative estimate of drug-likeness (QED) is 0.730. The first-order chi connectivity index (χ1) is 11.7. The number of carbonyl (C=O) groups excluding carboxylic acids is 1. The summed E-state index contributed by atoms with van der Waals surface area (Å²) in [5.74, 6) is 1.02. The van der Waals surface area contributed by atoms with Crippen molar-refractivity contribution in [2.24, 2.45) is 0 Å². The van der Waals surface area contributed by atoms with Crippen molar-refractivity contribution in [3.8, 4) is 0 Å². The van der Waals surface area contributed by atoms with Gasteiger partial charge in [-0.3, -0.25) is 9.69 Å². The van der Waals surface area contributed by atoms with Crippen molar-refractivity contribution in [2.45, 2.75) is 26.2 Å². The van der Waals surface area contributed by atoms with Crippen LogP contribution in [-0.4, -0.2) is 17.4 Å². The van der Waals surface area contributed by atoms with E-state index in [1.807, 2.05) is 23.1 Å². The number of aromatic nitrogens is 1. The smallest absolute Gasteiger partial charge is 0.228 e. The molecule has 0 fully saturated rings. The van der Waals surface area contributed by atoms with Gasteiger partial charge in [0.15, 0.2) is 0 Å². The van der Waals surface area contributed by atoms with Crippen LogP contribution in [0.25, 0.3) is 10.9 Å². The molecule has 3 aromatic rings. The van der Waals surface area contributed by atoms with Gasteiger partial charge in [-0.2, -0.15) is 0 Å². The molecule has 120 valence electrons. The zero-order valence-electron chi connectivity index (χ0n) is 13.8. The van der Waals surface area contributed by atoms with Gasteiger partial charge in [0.1, 0.15) is 5.82 Å². The molecule has 0 spiro atoms. The van der Waals surface area contributed by atoms with Gasteiger partial charge in [-0.25, -0.2) is 4.98 Å². The summed E-state index contributed by atoms with van der Waals surface area (Å²) in [7, 11) is 0. The lowest BCUT2D eigenvalue weighted by atomic mass is 10.1. The fourth-order valence-electron chi connectivity index (χ4n) is 3.34. The third-order valence-electron chi connectivity index (χ3n) is 4.66. The number of pyridine rings is 1. The van der Waals surface area contributed by atoms with Crippen LogP contribution in [0.4, 0.5) is 5.82 Å². The molecule has 0 radical (unpaired) electrons. The Kier molecular flexibility index (Phi) is 3.77. The SMILES string of the molecule is Cc1ccc2cc3c(nc2c1)N(C(=O)CCc1ccccc1)CC3. The summed E-state index contributed by atoms with van der Waals surface area (Å²) < 4.78 is 0. The minimum Gasteiger partial charge on any atom is -0.296 e. The monoisotopic (exact) mass is 316 g/mol. The Balaban J connectivity index is 1.57. The van der Waals surface area contributed by atoms with E-state index in [-0.39, 0.29) is 5.91 Å². The number of nitrogens with zero attached hydrogens (tertiary/aromatic N) is 2. The Bertz CT molecular complexity index is 902. The second kappa shape index (κ2) is 6.08. The standard InChI is InChI=1S/C21H20N2O/c1-15-7-9-17-14-18-11-12-23(21(18)22-19(17)13-15)20(24)10-8-16-5-3-2-4-6-16/h2-7,9,13-14H,8,10-12H2,1H3. The number of rotatable bonds is 3. The fraction of sp³-hybridized carbons (Fsp3) is 0.238. The normalized spacial score (nSPS) is 13.3. The number of hydrogen-bond donors (Lipinski definition) is 0. The molecule has 0 atom stereocenters. The summed E-state index contributed by atoms with van der Waals surface area (Å²) in [5, 5.41) is 1.15. The Morgan fingerprint density at radius 3 is 2.79 bits per heavy atom. The molecule has 0 aliphatic carbocycles. The maximum atomic E-state index is 12.7. The van der Waals surface area contributed by atoms with Crippen LogP contribution >= 0.6 is 0 Å². The Morgan fingerprint density at radius 1 is 1.12 bits per heavy atom. The molecule has 1 aliphatic heterocycles. The number of hydrogen-bond acceptors (Lipinski definition) is 2. The summed E-state index contributed by atoms with van der Waals surface area (Å²) in [4.78, 5) is 19.3. The molecular formula is C21H20N2O. The van der Waals surface area contributed by atoms with E-state index in [4.69, 9.17) is 4.98 Å². The first-order valence-corrected chi connectivity index (χ1v) is 8.45. The number of fused-ring (bicyclic) bond motifs is 2. The van der Waals surface area contributed by atoms with Gasteiger partial charge in [-0.05, 0) is 48.6 Å². The first-order valence-electron chi connectivity index (χ1n) is 8.45. The third kappa shape index (κ3) is 2.78. The molecule has 0 bridgehead atoms. The predicted octanol–water partition coefficient (Wildman–Crippen LogP) is 4.07. The summed E-state index contributed by atoms with van der Waals surface area (Å²) in [6, 6.07) is 18.6. The van der Waals surface area contributed by atoms with Crippen LogP contribution in [0.3, 0.4) is 0 Å². The van der Waals surface area contributed by atoms with Gasteiger partial charge >= 0.3 is 0 Å². The lowest BCUT2D eigenvalue weighted by Gasteiger charge is -2.17. The second-order valence-electron chi connectivity index (χ2n) is 6.45. The van der Waals surface area contributed by atoms with Crippen molar-refractivity contribution in [3.63, 3.8) is 0 Å². The van der Waals surface area contributed by atoms with Crippen LogP contribution in [0.1, 0.15) is 23.1 Å². The van der Waals surface area contributed by atoms with Crippen LogP contribution in [-0.2, 0) is 17.6 Å². The van der Waals surface area contributed by atoms with Crippen molar-refractivity contribution in [1.29, 1.82) is 0 Å². The average molecular weight is 316 g/mol. The highest BCUT2D eigenvalue weighted by molar-refractivity contribution is 5.96. The zero-order chi connectivity index (χ0) is 16.5. The number of benzene rings is 2. The molecule has 3 heteroatoms. The fourth-order valence-corrected chi connectivity index (χ4v) is 3.34. The first kappa shape index (κ1) is 14.9. The number of carbonyl (C=O) groups is 1. The van der Waals surface area contributed by atoms with E-state index in [1.54, 1.807) is 0 Å². The average Bonchev–Trinajstić information content (AvgIpc) is 3.01. The highest BCUT2D eigenvalue weighted by Crippen LogP contribution is 2.30. The van der Waals surface area contributed by atoms with E-state index in [0.717, 1.165) is 36.1 Å². The topological polar surface area (TPSA) is 33.2 Å². The number of anilines is 1. The van der Waals surface area contributed by atoms with Gasteiger partial charge in [0, 0.05) is 18.4 Å². The van der Waals surface area contributed by atoms with Crippen molar-refractivity contribution in [3.05, 3.63) is 71.3 Å². The van der Waals surface area contributed by atoms with E-state index in [1.165, 1.54) is 16.7 Å². The van der Waals surface area contributed by atoms with Gasteiger partial charge in [-0.1, -0.05) is 42.5 Å². The number of aryl methyl sites for hydroxylation is 2. The number of amides is 1. The van der Waals surface area contributed by atoms with Crippen molar-refractivity contribution < 1.29 is 4.79 Å². The van der Waals surface area contributed by atoms with Gasteiger partial charge < -0.3 is 0 Å². The summed E-state index contributed by atoms with van der Waals surface area (Å²) in [6.07, 6.45) is 2.19. The third-order valence-corrected chi connectivity index (χ3v) is 4.66. The molecule has 2 heterocycles. The van der Waals surface area contributed by atoms with Gasteiger partial charge in [0.25, 0.3) is 0 Å². The molecule has 0 unspecified atom stereocenters. The van der Waals surface area contributed by atoms with Gasteiger partial charge in [0.2, 0.25) is 5.91 Å². The summed E-state index contributed by atoms with van der Waals surface area (Å²) >= 11 is 0. The van der Waals surface area contributed by atoms with Crippen LogP contribution in [0, 0.1) is 6.92 Å². The summed E-state index contributed by atoms with van der Waals surface area (Å²) in [5.41, 5.74) is 4.54. The molecular weight excluding hydrogens is 296 g/mol. The van der Waals surface area contributed by atoms with Crippen LogP contribution < -0.4 is 4.90 Å². The minimum atomic E-state index is 0.164. The van der Waals surface area contributed by atoms with Crippen LogP contribution in [0.2, 0.25) is 0 Å². The lowest BCUT2D eigenvalue weighted by molar-refractivity contribution is -0.118. The molecule has 0 saturated heterocycles. The molecule has 0 saturated carbocycles. The Labute approximate surface area is 141 Å². The molecule has 2 aromatic carbocycles. The molecule has 1 aromatic heterocycles. The Morgan fingerprint density at radius 2 is 1.96 bits per heavy atom. The zero-order valence-corrected chi connectivity index (χ0v) is 13.8. The van der Waals surface area contributed by atoms with Gasteiger partial charge in [0.05, 0.1) is 5.52 Å². The van der Waals surface area contributed by atoms with Crippen LogP contribution in [0.15, 0.2) is 54.6 Å². The van der Waals surface area contributed by atoms with E-state index in [0.29, 0.717) is 6.42 Å². The predicted molar refractivity (Wildman–Crippen MR) is 97.3 cm³/mol. The van der Waals surface area contributed by atoms with E-state index in [2.05, 4.69) is 43.3 Å². The highest BCUT2D eigenvalue weighted by atomic mass is 16.2. The van der Waals surface area contributed by atoms with Crippen molar-refractivity contribution in [1.82, 2.24) is 4.98 Å². The maximum Gasteiger partial charge on any atom is 0.228 e. The van der Waals surface area contributed by atoms with E-state index >= 15 is 0 Å². The highest BCUT2D eigenvalue weighted by Gasteiger charge is 2.26. The van der Waals surface area contributed by atoms with Crippen molar-refractivity contribution in [2.75, 3.05) is 11.4 Å². The molecule has 4 rings (SSSR count). The molecule has 24 heavy (non-hydrogen) atoms. The lowest BCUT2D eigenvalue weighted by Crippen LogP contribution is -2.29. The maximum absolute atomic E-state index is 12.7. The Hall–Kier alpha value is -2.68. The largest absolute Gasteiger partial charge is 0.296 e. The van der Waals surface area contributed by atoms with E-state index < -0.39 is 0 Å². The second-order valence-corrected chi connectivity index (χ2v) is 6.45. The van der Waals surface area contributed by atoms with Crippen LogP contribution in [0.5, 0.6) is 0 Å². The summed E-state index contributed by atoms with van der Waals surface area (Å²) in [6.45, 7) is 2.81. The molecule has 3 nitrogen and oxygen atoms in total. The molecule has 1 aliphatic rings.